The van der Waals surface area contributed by atoms with Gasteiger partial charge in [-0.1, -0.05) is 90.5 Å². The number of benzene rings is 3. The molecule has 1 nitrogen and oxygen atoms in total. The Kier molecular flexibility index (Phi) is 10.0. The first-order chi connectivity index (χ1) is 13.5. The number of halogens is 2. The Morgan fingerprint density at radius 2 is 1.10 bits per heavy atom. The molecule has 1 aliphatic carbocycles. The number of aliphatic hydroxyl groups is 1. The summed E-state index contributed by atoms with van der Waals surface area (Å²) in [5, 5.41) is 12.2. The predicted octanol–water partition coefficient (Wildman–Crippen LogP) is 7.33. The summed E-state index contributed by atoms with van der Waals surface area (Å²) in [7, 11) is 0. The van der Waals surface area contributed by atoms with Crippen LogP contribution in [0.5, 0.6) is 0 Å². The zero-order valence-electron chi connectivity index (χ0n) is 18.1. The molecule has 0 heterocycles. The van der Waals surface area contributed by atoms with E-state index in [1.807, 2.05) is 66.7 Å². The minimum atomic E-state index is -1.21. The van der Waals surface area contributed by atoms with Crippen LogP contribution in [-0.2, 0) is 27.3 Å². The van der Waals surface area contributed by atoms with Crippen molar-refractivity contribution >= 4 is 30.4 Å². The van der Waals surface area contributed by atoms with E-state index in [0.717, 1.165) is 28.7 Å². The van der Waals surface area contributed by atoms with E-state index in [1.165, 1.54) is 22.3 Å². The minimum Gasteiger partial charge on any atom is -0.376 e. The van der Waals surface area contributed by atoms with E-state index in [1.54, 1.807) is 0 Å². The maximum absolute atomic E-state index is 12.2. The Bertz CT molecular complexity index is 1030. The normalized spacial score (nSPS) is 13.3. The molecule has 0 spiro atoms. The van der Waals surface area contributed by atoms with Crippen molar-refractivity contribution in [1.29, 1.82) is 0 Å². The van der Waals surface area contributed by atoms with Crippen LogP contribution in [-0.4, -0.2) is 5.11 Å². The Morgan fingerprint density at radius 3 is 1.55 bits per heavy atom. The summed E-state index contributed by atoms with van der Waals surface area (Å²) in [6.45, 7) is 6.60. The van der Waals surface area contributed by atoms with E-state index >= 15 is 0 Å². The van der Waals surface area contributed by atoms with Crippen LogP contribution in [0.1, 0.15) is 49.4 Å². The van der Waals surface area contributed by atoms with Gasteiger partial charge in [0.1, 0.15) is 5.60 Å². The first kappa shape index (κ1) is 27.4. The Balaban J connectivity index is 0.00000160. The number of hydrogen-bond donors (Lipinski definition) is 1. The first-order valence-corrected chi connectivity index (χ1v) is 9.83. The smallest absolute Gasteiger partial charge is 0.141 e. The van der Waals surface area contributed by atoms with Crippen molar-refractivity contribution < 1.29 is 26.8 Å². The molecule has 0 atom stereocenters. The molecule has 0 unspecified atom stereocenters. The average Bonchev–Trinajstić information content (AvgIpc) is 3.01. The molecule has 3 aromatic rings. The maximum Gasteiger partial charge on any atom is 0.141 e. The monoisotopic (exact) mass is 486 g/mol. The van der Waals surface area contributed by atoms with Crippen molar-refractivity contribution in [3.8, 4) is 0 Å². The third-order valence-corrected chi connectivity index (χ3v) is 6.12. The van der Waals surface area contributed by atoms with Crippen LogP contribution in [0.25, 0.3) is 5.57 Å². The van der Waals surface area contributed by atoms with E-state index in [0.29, 0.717) is 0 Å². The van der Waals surface area contributed by atoms with E-state index in [2.05, 4.69) is 39.0 Å². The van der Waals surface area contributed by atoms with Gasteiger partial charge in [0.25, 0.3) is 0 Å². The fourth-order valence-electron chi connectivity index (χ4n) is 4.27. The molecule has 4 rings (SSSR count). The third-order valence-electron chi connectivity index (χ3n) is 6.12. The van der Waals surface area contributed by atoms with Crippen molar-refractivity contribution in [2.75, 3.05) is 0 Å². The van der Waals surface area contributed by atoms with Crippen LogP contribution < -0.4 is 0 Å². The predicted molar refractivity (Wildman–Crippen MR) is 132 cm³/mol. The quantitative estimate of drug-likeness (QED) is 0.302. The van der Waals surface area contributed by atoms with Gasteiger partial charge in [0, 0.05) is 27.3 Å². The van der Waals surface area contributed by atoms with Gasteiger partial charge in [-0.25, -0.2) is 0 Å². The van der Waals surface area contributed by atoms with Crippen LogP contribution in [0.4, 0.5) is 0 Å². The van der Waals surface area contributed by atoms with Crippen molar-refractivity contribution in [3.05, 3.63) is 124 Å². The molecule has 0 amide bonds. The van der Waals surface area contributed by atoms with Crippen molar-refractivity contribution in [2.24, 2.45) is 0 Å². The van der Waals surface area contributed by atoms with E-state index in [9.17, 15) is 5.11 Å². The van der Waals surface area contributed by atoms with E-state index in [4.69, 9.17) is 0 Å². The summed E-state index contributed by atoms with van der Waals surface area (Å²) in [5.41, 5.74) is 8.03. The van der Waals surface area contributed by atoms with Crippen LogP contribution in [0.15, 0.2) is 102 Å². The molecule has 0 saturated carbocycles. The zero-order chi connectivity index (χ0) is 19.7. The molecule has 0 aromatic heterocycles. The fourth-order valence-corrected chi connectivity index (χ4v) is 4.27. The van der Waals surface area contributed by atoms with Gasteiger partial charge in [0.15, 0.2) is 0 Å². The first-order valence-electron chi connectivity index (χ1n) is 9.83. The summed E-state index contributed by atoms with van der Waals surface area (Å²) >= 11 is 0. The number of hydrogen-bond acceptors (Lipinski definition) is 1. The van der Waals surface area contributed by atoms with Crippen LogP contribution in [0, 0.1) is 0 Å². The van der Waals surface area contributed by atoms with Crippen LogP contribution in [0.2, 0.25) is 0 Å². The largest absolute Gasteiger partial charge is 0.376 e. The SMILES string of the molecule is CC1=C(C)C(C)=C(c2ccccc2C(O)(c2ccccc2)c2ccccc2)C1.Cl.Cl.[Ti]. The molecule has 0 saturated heterocycles. The molecule has 31 heavy (non-hydrogen) atoms. The van der Waals surface area contributed by atoms with Gasteiger partial charge >= 0.3 is 0 Å². The second-order valence-corrected chi connectivity index (χ2v) is 7.67. The Labute approximate surface area is 213 Å². The fraction of sp³-hybridized carbons (Fsp3) is 0.185. The summed E-state index contributed by atoms with van der Waals surface area (Å²) in [6, 6.07) is 28.3. The molecule has 4 heteroatoms. The van der Waals surface area contributed by atoms with Gasteiger partial charge in [-0.3, -0.25) is 0 Å². The minimum absolute atomic E-state index is 0. The molecule has 0 radical (unpaired) electrons. The van der Waals surface area contributed by atoms with Crippen LogP contribution in [0.3, 0.4) is 0 Å². The zero-order valence-corrected chi connectivity index (χ0v) is 21.2. The molecule has 1 N–H and O–H groups in total. The molecule has 3 aromatic carbocycles. The van der Waals surface area contributed by atoms with Gasteiger partial charge in [-0.2, -0.15) is 0 Å². The summed E-state index contributed by atoms with van der Waals surface area (Å²) in [4.78, 5) is 0. The van der Waals surface area contributed by atoms with Crippen molar-refractivity contribution in [3.63, 3.8) is 0 Å². The summed E-state index contributed by atoms with van der Waals surface area (Å²) < 4.78 is 0. The second-order valence-electron chi connectivity index (χ2n) is 7.67. The Hall–Kier alpha value is -1.61. The topological polar surface area (TPSA) is 20.2 Å². The molecule has 0 bridgehead atoms. The number of allylic oxidation sites excluding steroid dienone is 4. The van der Waals surface area contributed by atoms with Gasteiger partial charge in [-0.15, -0.1) is 24.8 Å². The van der Waals surface area contributed by atoms with Gasteiger partial charge in [0.2, 0.25) is 0 Å². The van der Waals surface area contributed by atoms with Gasteiger partial charge < -0.3 is 5.11 Å². The molecule has 1 aliphatic rings. The second kappa shape index (κ2) is 11.3. The summed E-state index contributed by atoms with van der Waals surface area (Å²) in [5.74, 6) is 0. The average molecular weight is 487 g/mol. The molecular weight excluding hydrogens is 459 g/mol. The van der Waals surface area contributed by atoms with Crippen LogP contribution >= 0.6 is 24.8 Å². The molecule has 160 valence electrons. The molecule has 0 fully saturated rings. The molecular formula is C27H28Cl2OTi. The molecule has 0 aliphatic heterocycles. The standard InChI is InChI=1S/C27H26O.2ClH.Ti/c1-19-18-25(21(3)20(19)2)24-16-10-11-17-26(24)27(28,22-12-6-4-7-13-22)23-14-8-5-9-15-23;;;/h4-17,28H,18H2,1-3H3;2*1H;. The van der Waals surface area contributed by atoms with E-state index < -0.39 is 5.60 Å². The van der Waals surface area contributed by atoms with Gasteiger partial charge in [-0.05, 0) is 60.6 Å². The summed E-state index contributed by atoms with van der Waals surface area (Å²) in [6.07, 6.45) is 0.939. The van der Waals surface area contributed by atoms with Crippen molar-refractivity contribution in [1.82, 2.24) is 0 Å². The van der Waals surface area contributed by atoms with Gasteiger partial charge in [0.05, 0.1) is 0 Å². The van der Waals surface area contributed by atoms with E-state index in [-0.39, 0.29) is 46.5 Å². The van der Waals surface area contributed by atoms with Crippen molar-refractivity contribution in [2.45, 2.75) is 32.8 Å². The third kappa shape index (κ3) is 4.92. The number of rotatable bonds is 4. The maximum atomic E-state index is 12.2. The Morgan fingerprint density at radius 1 is 0.645 bits per heavy atom.